The predicted octanol–water partition coefficient (Wildman–Crippen LogP) is 4.57. The van der Waals surface area contributed by atoms with Crippen molar-refractivity contribution >= 4 is 17.7 Å². The van der Waals surface area contributed by atoms with Gasteiger partial charge < -0.3 is 10.2 Å². The minimum atomic E-state index is -4.86. The summed E-state index contributed by atoms with van der Waals surface area (Å²) in [6, 6.07) is 14.9. The first-order valence-corrected chi connectivity index (χ1v) is 11.6. The molecule has 4 rings (SSSR count). The topological polar surface area (TPSA) is 69.5 Å². The Labute approximate surface area is 211 Å². The van der Waals surface area contributed by atoms with Crippen molar-refractivity contribution in [2.24, 2.45) is 0 Å². The Morgan fingerprint density at radius 3 is 2.39 bits per heavy atom. The number of benzene rings is 1. The first-order chi connectivity index (χ1) is 17.1. The van der Waals surface area contributed by atoms with Crippen molar-refractivity contribution in [1.29, 1.82) is 0 Å². The number of likely N-dealkylation sites (tertiary alicyclic amines) is 1. The van der Waals surface area contributed by atoms with Gasteiger partial charge >= 0.3 is 6.18 Å². The summed E-state index contributed by atoms with van der Waals surface area (Å²) < 4.78 is 39.0. The highest BCUT2D eigenvalue weighted by Crippen LogP contribution is 2.38. The Balaban J connectivity index is 1.30. The third kappa shape index (κ3) is 6.12. The average molecular weight is 514 g/mol. The average Bonchev–Trinajstić information content (AvgIpc) is 2.86. The zero-order valence-corrected chi connectivity index (χ0v) is 19.8. The van der Waals surface area contributed by atoms with E-state index in [0.29, 0.717) is 28.5 Å². The van der Waals surface area contributed by atoms with Crippen LogP contribution in [0.25, 0.3) is 17.2 Å². The highest BCUT2D eigenvalue weighted by molar-refractivity contribution is 6.30. The number of nitrogens with zero attached hydrogens (tertiary/aromatic N) is 3. The lowest BCUT2D eigenvalue weighted by molar-refractivity contribution is -0.302. The number of hydrogen-bond acceptors (Lipinski definition) is 5. The molecule has 1 aliphatic rings. The molecule has 0 amide bonds. The summed E-state index contributed by atoms with van der Waals surface area (Å²) in [5.74, 6) is 6.02. The van der Waals surface area contributed by atoms with Gasteiger partial charge in [-0.15, -0.1) is 0 Å². The van der Waals surface area contributed by atoms with Gasteiger partial charge in [0.15, 0.2) is 5.60 Å². The maximum atomic E-state index is 13.0. The van der Waals surface area contributed by atoms with E-state index in [1.165, 1.54) is 0 Å². The van der Waals surface area contributed by atoms with Crippen molar-refractivity contribution in [1.82, 2.24) is 14.9 Å². The molecule has 0 aliphatic carbocycles. The molecule has 1 aliphatic heterocycles. The fourth-order valence-electron chi connectivity index (χ4n) is 3.80. The van der Waals surface area contributed by atoms with Gasteiger partial charge in [-0.2, -0.15) is 13.2 Å². The van der Waals surface area contributed by atoms with Crippen LogP contribution in [0.15, 0.2) is 67.0 Å². The monoisotopic (exact) mass is 513 g/mol. The van der Waals surface area contributed by atoms with Crippen LogP contribution in [0.1, 0.15) is 23.4 Å². The number of halogens is 4. The number of alkyl halides is 3. The molecule has 2 atom stereocenters. The van der Waals surface area contributed by atoms with Gasteiger partial charge in [-0.3, -0.25) is 9.88 Å². The lowest BCUT2D eigenvalue weighted by atomic mass is 9.88. The lowest BCUT2D eigenvalue weighted by Gasteiger charge is -2.42. The quantitative estimate of drug-likeness (QED) is 0.500. The number of rotatable bonds is 4. The Kier molecular flexibility index (Phi) is 7.76. The zero-order chi connectivity index (χ0) is 25.8. The fraction of sp³-hybridized carbons (Fsp3) is 0.259. The van der Waals surface area contributed by atoms with Crippen LogP contribution in [0.5, 0.6) is 0 Å². The van der Waals surface area contributed by atoms with Crippen molar-refractivity contribution in [3.05, 3.63) is 89.0 Å². The Bertz CT molecular complexity index is 1270. The first kappa shape index (κ1) is 25.9. The molecule has 1 fully saturated rings. The van der Waals surface area contributed by atoms with Gasteiger partial charge in [0.05, 0.1) is 5.69 Å². The van der Waals surface area contributed by atoms with Crippen molar-refractivity contribution in [3.8, 4) is 23.0 Å². The number of pyridine rings is 2. The predicted molar refractivity (Wildman–Crippen MR) is 132 cm³/mol. The smallest absolute Gasteiger partial charge is 0.388 e. The molecule has 36 heavy (non-hydrogen) atoms. The maximum Gasteiger partial charge on any atom is 0.419 e. The van der Waals surface area contributed by atoms with E-state index < -0.39 is 24.3 Å². The molecule has 186 valence electrons. The Morgan fingerprint density at radius 1 is 1.03 bits per heavy atom. The van der Waals surface area contributed by atoms with Crippen LogP contribution >= 0.6 is 11.6 Å². The van der Waals surface area contributed by atoms with E-state index in [0.717, 1.165) is 11.1 Å². The van der Waals surface area contributed by atoms with Gasteiger partial charge in [0, 0.05) is 54.6 Å². The van der Waals surface area contributed by atoms with E-state index in [2.05, 4.69) is 21.8 Å². The van der Waals surface area contributed by atoms with Crippen molar-refractivity contribution in [2.45, 2.75) is 24.3 Å². The second-order valence-corrected chi connectivity index (χ2v) is 8.95. The molecule has 5 nitrogen and oxygen atoms in total. The Morgan fingerprint density at radius 2 is 1.78 bits per heavy atom. The van der Waals surface area contributed by atoms with Gasteiger partial charge in [-0.1, -0.05) is 41.8 Å². The highest BCUT2D eigenvalue weighted by atomic mass is 35.5. The standard InChI is InChI=1S/C27H23ClF3N3O2/c28-22-8-5-20(6-9-22)21-7-12-24(33-17-21)11-4-19-3-10-23(32-16-19)2-1-14-34-15-13-26(36,25(35)18-34)27(29,30)31/h1-3,5-10,12,16-17,25,35-36H,13-15,18H2/t25-,26+/m0/s1. The number of aliphatic hydroxyl groups excluding tert-OH is 1. The third-order valence-corrected chi connectivity index (χ3v) is 6.25. The molecule has 1 saturated heterocycles. The Hall–Kier alpha value is -3.22. The number of hydrogen-bond donors (Lipinski definition) is 2. The molecule has 0 saturated carbocycles. The van der Waals surface area contributed by atoms with Crippen LogP contribution in [0.4, 0.5) is 13.2 Å². The van der Waals surface area contributed by atoms with E-state index in [1.807, 2.05) is 42.5 Å². The molecule has 0 bridgehead atoms. The second kappa shape index (κ2) is 10.8. The van der Waals surface area contributed by atoms with Crippen LogP contribution in [-0.2, 0) is 0 Å². The highest BCUT2D eigenvalue weighted by Gasteiger charge is 2.59. The van der Waals surface area contributed by atoms with Gasteiger partial charge in [-0.05, 0) is 47.9 Å². The largest absolute Gasteiger partial charge is 0.419 e. The molecule has 3 heterocycles. The summed E-state index contributed by atoms with van der Waals surface area (Å²) in [5.41, 5.74) is 0.915. The lowest BCUT2D eigenvalue weighted by Crippen LogP contribution is -2.62. The molecule has 1 aromatic carbocycles. The molecule has 2 aromatic heterocycles. The van der Waals surface area contributed by atoms with E-state index in [4.69, 9.17) is 11.6 Å². The molecular formula is C27H23ClF3N3O2. The van der Waals surface area contributed by atoms with E-state index >= 15 is 0 Å². The molecule has 0 radical (unpaired) electrons. The summed E-state index contributed by atoms with van der Waals surface area (Å²) in [6.45, 7) is 0.0804. The molecule has 2 N–H and O–H groups in total. The normalized spacial score (nSPS) is 20.8. The molecule has 0 unspecified atom stereocenters. The number of β-amino-alcohol motifs (C(OH)–C–C–N with tert-alkyl or cyclic N) is 1. The van der Waals surface area contributed by atoms with Crippen molar-refractivity contribution in [2.75, 3.05) is 19.6 Å². The third-order valence-electron chi connectivity index (χ3n) is 6.00. The van der Waals surface area contributed by atoms with Crippen LogP contribution in [0.3, 0.4) is 0 Å². The van der Waals surface area contributed by atoms with Crippen LogP contribution in [-0.4, -0.2) is 62.6 Å². The van der Waals surface area contributed by atoms with Crippen molar-refractivity contribution < 1.29 is 23.4 Å². The second-order valence-electron chi connectivity index (χ2n) is 8.51. The van der Waals surface area contributed by atoms with Gasteiger partial charge in [-0.25, -0.2) is 4.98 Å². The van der Waals surface area contributed by atoms with Crippen LogP contribution < -0.4 is 0 Å². The van der Waals surface area contributed by atoms with Crippen LogP contribution in [0, 0.1) is 11.8 Å². The summed E-state index contributed by atoms with van der Waals surface area (Å²) >= 11 is 5.92. The summed E-state index contributed by atoms with van der Waals surface area (Å²) in [4.78, 5) is 10.4. The SMILES string of the molecule is O[C@H]1CN(CC=Cc2ccc(C#Cc3ccc(-c4ccc(Cl)cc4)cn3)cn2)CC[C@]1(O)C(F)(F)F. The zero-order valence-electron chi connectivity index (χ0n) is 19.1. The van der Waals surface area contributed by atoms with Gasteiger partial charge in [0.1, 0.15) is 11.8 Å². The maximum absolute atomic E-state index is 13.0. The summed E-state index contributed by atoms with van der Waals surface area (Å²) in [7, 11) is 0. The van der Waals surface area contributed by atoms with E-state index in [1.54, 1.807) is 35.5 Å². The summed E-state index contributed by atoms with van der Waals surface area (Å²) in [5, 5.41) is 20.3. The molecule has 0 spiro atoms. The number of aromatic nitrogens is 2. The summed E-state index contributed by atoms with van der Waals surface area (Å²) in [6.07, 6.45) is -0.447. The van der Waals surface area contributed by atoms with Crippen LogP contribution in [0.2, 0.25) is 5.02 Å². The van der Waals surface area contributed by atoms with Gasteiger partial charge in [0.2, 0.25) is 0 Å². The minimum absolute atomic E-state index is 0.0219. The number of aliphatic hydroxyl groups is 2. The molecular weight excluding hydrogens is 491 g/mol. The minimum Gasteiger partial charge on any atom is -0.388 e. The molecule has 3 aromatic rings. The van der Waals surface area contributed by atoms with E-state index in [-0.39, 0.29) is 13.1 Å². The van der Waals surface area contributed by atoms with Gasteiger partial charge in [0.25, 0.3) is 0 Å². The number of piperidine rings is 1. The van der Waals surface area contributed by atoms with E-state index in [9.17, 15) is 23.4 Å². The first-order valence-electron chi connectivity index (χ1n) is 11.2. The molecule has 9 heteroatoms. The van der Waals surface area contributed by atoms with Crippen molar-refractivity contribution in [3.63, 3.8) is 0 Å². The fourth-order valence-corrected chi connectivity index (χ4v) is 3.92.